The largest absolute Gasteiger partial charge is 0.443 e. The average molecular weight is 353 g/mol. The van der Waals surface area contributed by atoms with Gasteiger partial charge in [-0.25, -0.2) is 13.8 Å². The minimum Gasteiger partial charge on any atom is -0.443 e. The molecule has 3 aromatic rings. The van der Waals surface area contributed by atoms with Crippen LogP contribution in [-0.2, 0) is 0 Å². The zero-order chi connectivity index (χ0) is 18.6. The van der Waals surface area contributed by atoms with Crippen LogP contribution in [0.15, 0.2) is 41.7 Å². The Balaban J connectivity index is 2.00. The maximum Gasteiger partial charge on any atom is 0.182 e. The summed E-state index contributed by atoms with van der Waals surface area (Å²) in [4.78, 5) is 6.25. The van der Waals surface area contributed by atoms with E-state index in [-0.39, 0.29) is 11.3 Å². The lowest BCUT2D eigenvalue weighted by atomic mass is 9.91. The summed E-state index contributed by atoms with van der Waals surface area (Å²) >= 11 is 0. The summed E-state index contributed by atoms with van der Waals surface area (Å²) in [6, 6.07) is 5.74. The standard InChI is InChI=1S/C20H17F2N3O/c1-4-25-11(3)18-20(26-9-24-18)13-6-5-12(10(2)19(13)25)14-7-16(22)17(23)8-15(14)21/h5-9H,3-4,23H2,1-2H3. The van der Waals surface area contributed by atoms with Crippen LogP contribution < -0.4 is 10.6 Å². The van der Waals surface area contributed by atoms with Crippen molar-refractivity contribution in [2.75, 3.05) is 17.2 Å². The van der Waals surface area contributed by atoms with Crippen LogP contribution in [0.3, 0.4) is 0 Å². The number of halogens is 2. The number of rotatable bonds is 2. The van der Waals surface area contributed by atoms with E-state index in [4.69, 9.17) is 10.2 Å². The molecule has 132 valence electrons. The zero-order valence-electron chi connectivity index (χ0n) is 14.4. The van der Waals surface area contributed by atoms with Gasteiger partial charge in [-0.1, -0.05) is 12.6 Å². The fourth-order valence-electron chi connectivity index (χ4n) is 3.55. The van der Waals surface area contributed by atoms with E-state index in [1.165, 1.54) is 6.39 Å². The van der Waals surface area contributed by atoms with Gasteiger partial charge in [-0.3, -0.25) is 0 Å². The van der Waals surface area contributed by atoms with E-state index in [0.29, 0.717) is 29.3 Å². The van der Waals surface area contributed by atoms with Gasteiger partial charge in [0.05, 0.1) is 17.1 Å². The summed E-state index contributed by atoms with van der Waals surface area (Å²) in [5.41, 5.74) is 9.93. The number of fused-ring (bicyclic) bond motifs is 3. The fourth-order valence-corrected chi connectivity index (χ4v) is 3.55. The van der Waals surface area contributed by atoms with Gasteiger partial charge < -0.3 is 15.1 Å². The summed E-state index contributed by atoms with van der Waals surface area (Å²) in [5.74, 6) is -0.578. The lowest BCUT2D eigenvalue weighted by Crippen LogP contribution is -2.25. The number of hydrogen-bond donors (Lipinski definition) is 1. The number of nitrogens with zero attached hydrogens (tertiary/aromatic N) is 2. The van der Waals surface area contributed by atoms with Crippen LogP contribution in [-0.4, -0.2) is 11.5 Å². The Morgan fingerprint density at radius 1 is 1.15 bits per heavy atom. The zero-order valence-corrected chi connectivity index (χ0v) is 14.4. The number of aromatic nitrogens is 1. The molecule has 0 amide bonds. The van der Waals surface area contributed by atoms with Crippen LogP contribution in [0.5, 0.6) is 0 Å². The molecule has 26 heavy (non-hydrogen) atoms. The molecule has 0 spiro atoms. The average Bonchev–Trinajstić information content (AvgIpc) is 3.10. The lowest BCUT2D eigenvalue weighted by Gasteiger charge is -2.33. The Morgan fingerprint density at radius 2 is 1.88 bits per heavy atom. The van der Waals surface area contributed by atoms with Gasteiger partial charge in [0, 0.05) is 23.7 Å². The van der Waals surface area contributed by atoms with Crippen molar-refractivity contribution < 1.29 is 13.2 Å². The molecule has 0 saturated heterocycles. The van der Waals surface area contributed by atoms with Gasteiger partial charge in [0.1, 0.15) is 17.3 Å². The molecule has 2 N–H and O–H groups in total. The van der Waals surface area contributed by atoms with E-state index >= 15 is 0 Å². The van der Waals surface area contributed by atoms with E-state index in [1.807, 2.05) is 24.8 Å². The van der Waals surface area contributed by atoms with Crippen LogP contribution in [0.4, 0.5) is 20.2 Å². The quantitative estimate of drug-likeness (QED) is 0.660. The fraction of sp³-hybridized carbons (Fsp3) is 0.150. The Morgan fingerprint density at radius 3 is 2.62 bits per heavy atom. The Labute approximate surface area is 149 Å². The number of hydrogen-bond acceptors (Lipinski definition) is 4. The smallest absolute Gasteiger partial charge is 0.182 e. The second-order valence-electron chi connectivity index (χ2n) is 6.21. The molecule has 0 unspecified atom stereocenters. The molecule has 1 aromatic heterocycles. The summed E-state index contributed by atoms with van der Waals surface area (Å²) in [6.45, 7) is 8.64. The van der Waals surface area contributed by atoms with E-state index in [2.05, 4.69) is 11.6 Å². The molecule has 4 rings (SSSR count). The van der Waals surface area contributed by atoms with Crippen molar-refractivity contribution in [3.05, 3.63) is 60.1 Å². The highest BCUT2D eigenvalue weighted by molar-refractivity contribution is 5.98. The highest BCUT2D eigenvalue weighted by Crippen LogP contribution is 2.47. The summed E-state index contributed by atoms with van der Waals surface area (Å²) < 4.78 is 34.0. The third kappa shape index (κ3) is 2.15. The molecule has 6 heteroatoms. The summed E-state index contributed by atoms with van der Waals surface area (Å²) in [5, 5.41) is 0. The Hall–Kier alpha value is -3.15. The Kier molecular flexibility index (Phi) is 3.57. The van der Waals surface area contributed by atoms with Gasteiger partial charge in [0.15, 0.2) is 12.2 Å². The molecule has 1 aliphatic rings. The summed E-state index contributed by atoms with van der Waals surface area (Å²) in [6.07, 6.45) is 1.39. The molecule has 0 bridgehead atoms. The van der Waals surface area contributed by atoms with Crippen LogP contribution >= 0.6 is 0 Å². The highest BCUT2D eigenvalue weighted by atomic mass is 19.1. The number of benzene rings is 2. The SMILES string of the molecule is C=C1c2ncoc2-c2ccc(-c3cc(F)c(N)cc3F)c(C)c2N1CC. The monoisotopic (exact) mass is 353 g/mol. The van der Waals surface area contributed by atoms with Gasteiger partial charge in [0.25, 0.3) is 0 Å². The predicted octanol–water partition coefficient (Wildman–Crippen LogP) is 4.99. The molecular formula is C20H17F2N3O. The molecule has 0 radical (unpaired) electrons. The molecule has 0 fully saturated rings. The van der Waals surface area contributed by atoms with Crippen LogP contribution in [0.2, 0.25) is 0 Å². The van der Waals surface area contributed by atoms with Crippen LogP contribution in [0, 0.1) is 18.6 Å². The van der Waals surface area contributed by atoms with Crippen LogP contribution in [0.1, 0.15) is 18.2 Å². The number of nitrogens with two attached hydrogens (primary N) is 1. The first-order valence-electron chi connectivity index (χ1n) is 8.23. The molecule has 0 atom stereocenters. The molecule has 0 aliphatic carbocycles. The second kappa shape index (κ2) is 5.69. The Bertz CT molecular complexity index is 1060. The first-order chi connectivity index (χ1) is 12.4. The predicted molar refractivity (Wildman–Crippen MR) is 98.5 cm³/mol. The van der Waals surface area contributed by atoms with E-state index in [0.717, 1.165) is 28.9 Å². The van der Waals surface area contributed by atoms with Crippen LogP contribution in [0.25, 0.3) is 28.1 Å². The number of nitrogen functional groups attached to an aromatic ring is 1. The van der Waals surface area contributed by atoms with Crippen molar-refractivity contribution in [3.8, 4) is 22.5 Å². The molecule has 2 heterocycles. The second-order valence-corrected chi connectivity index (χ2v) is 6.21. The molecule has 0 saturated carbocycles. The van der Waals surface area contributed by atoms with Crippen molar-refractivity contribution in [2.24, 2.45) is 0 Å². The maximum atomic E-state index is 14.5. The normalized spacial score (nSPS) is 12.9. The lowest BCUT2D eigenvalue weighted by molar-refractivity contribution is 0.571. The maximum absolute atomic E-state index is 14.5. The van der Waals surface area contributed by atoms with Gasteiger partial charge in [0.2, 0.25) is 0 Å². The minimum absolute atomic E-state index is 0.169. The van der Waals surface area contributed by atoms with Gasteiger partial charge in [-0.2, -0.15) is 0 Å². The summed E-state index contributed by atoms with van der Waals surface area (Å²) in [7, 11) is 0. The van der Waals surface area contributed by atoms with E-state index < -0.39 is 11.6 Å². The molecule has 2 aromatic carbocycles. The topological polar surface area (TPSA) is 55.3 Å². The molecule has 1 aliphatic heterocycles. The van der Waals surface area contributed by atoms with Gasteiger partial charge in [-0.15, -0.1) is 0 Å². The van der Waals surface area contributed by atoms with Gasteiger partial charge >= 0.3 is 0 Å². The molecular weight excluding hydrogens is 336 g/mol. The highest BCUT2D eigenvalue weighted by Gasteiger charge is 2.31. The minimum atomic E-state index is -0.646. The van der Waals surface area contributed by atoms with Crippen molar-refractivity contribution in [1.82, 2.24) is 4.98 Å². The van der Waals surface area contributed by atoms with Gasteiger partial charge in [-0.05, 0) is 37.1 Å². The van der Waals surface area contributed by atoms with Crippen molar-refractivity contribution in [3.63, 3.8) is 0 Å². The van der Waals surface area contributed by atoms with Crippen molar-refractivity contribution in [1.29, 1.82) is 0 Å². The van der Waals surface area contributed by atoms with Crippen molar-refractivity contribution in [2.45, 2.75) is 13.8 Å². The van der Waals surface area contributed by atoms with E-state index in [9.17, 15) is 8.78 Å². The number of oxazole rings is 1. The molecule has 4 nitrogen and oxygen atoms in total. The first-order valence-corrected chi connectivity index (χ1v) is 8.23. The van der Waals surface area contributed by atoms with E-state index in [1.54, 1.807) is 6.07 Å². The third-order valence-corrected chi connectivity index (χ3v) is 4.80. The third-order valence-electron chi connectivity index (χ3n) is 4.80. The van der Waals surface area contributed by atoms with Crippen molar-refractivity contribution >= 4 is 17.1 Å². The first kappa shape index (κ1) is 16.3. The number of anilines is 2.